The standard InChI is InChI=1S/C20H16N2O4/c1-26-20(23)19-17(13-8-14-18(19)22(24)25)21(15-9-4-2-5-10-15)16-11-6-3-7-12-16/h2-14H,1H3. The summed E-state index contributed by atoms with van der Waals surface area (Å²) < 4.78 is 4.82. The summed E-state index contributed by atoms with van der Waals surface area (Å²) in [6.45, 7) is 0. The summed E-state index contributed by atoms with van der Waals surface area (Å²) in [4.78, 5) is 25.1. The van der Waals surface area contributed by atoms with Gasteiger partial charge in [-0.3, -0.25) is 10.1 Å². The van der Waals surface area contributed by atoms with Crippen molar-refractivity contribution < 1.29 is 14.5 Å². The van der Waals surface area contributed by atoms with Crippen LogP contribution in [0.3, 0.4) is 0 Å². The number of carbonyl (C=O) groups is 1. The monoisotopic (exact) mass is 348 g/mol. The van der Waals surface area contributed by atoms with Crippen molar-refractivity contribution in [3.63, 3.8) is 0 Å². The fourth-order valence-corrected chi connectivity index (χ4v) is 2.76. The van der Waals surface area contributed by atoms with Crippen molar-refractivity contribution in [1.82, 2.24) is 0 Å². The molecule has 0 atom stereocenters. The number of anilines is 3. The van der Waals surface area contributed by atoms with Gasteiger partial charge in [0.25, 0.3) is 5.69 Å². The molecule has 0 amide bonds. The van der Waals surface area contributed by atoms with Gasteiger partial charge in [0.05, 0.1) is 17.7 Å². The Balaban J connectivity index is 2.30. The van der Waals surface area contributed by atoms with E-state index in [1.54, 1.807) is 17.0 Å². The van der Waals surface area contributed by atoms with Crippen molar-refractivity contribution in [3.05, 3.63) is 94.5 Å². The van der Waals surface area contributed by atoms with E-state index in [0.717, 1.165) is 11.4 Å². The summed E-state index contributed by atoms with van der Waals surface area (Å²) >= 11 is 0. The van der Waals surface area contributed by atoms with Crippen LogP contribution in [-0.4, -0.2) is 18.0 Å². The van der Waals surface area contributed by atoms with Gasteiger partial charge >= 0.3 is 5.97 Å². The minimum absolute atomic E-state index is 0.0901. The van der Waals surface area contributed by atoms with E-state index in [1.165, 1.54) is 13.2 Å². The number of hydrogen-bond donors (Lipinski definition) is 0. The lowest BCUT2D eigenvalue weighted by atomic mass is 10.1. The highest BCUT2D eigenvalue weighted by atomic mass is 16.6. The molecule has 130 valence electrons. The van der Waals surface area contributed by atoms with Crippen LogP contribution in [0, 0.1) is 10.1 Å². The minimum Gasteiger partial charge on any atom is -0.465 e. The summed E-state index contributed by atoms with van der Waals surface area (Å²) in [5, 5.41) is 11.5. The van der Waals surface area contributed by atoms with Crippen LogP contribution >= 0.6 is 0 Å². The van der Waals surface area contributed by atoms with Gasteiger partial charge in [0, 0.05) is 17.4 Å². The topological polar surface area (TPSA) is 72.7 Å². The highest BCUT2D eigenvalue weighted by molar-refractivity contribution is 6.02. The lowest BCUT2D eigenvalue weighted by Gasteiger charge is -2.26. The molecule has 6 nitrogen and oxygen atoms in total. The quantitative estimate of drug-likeness (QED) is 0.374. The number of para-hydroxylation sites is 2. The first-order valence-electron chi connectivity index (χ1n) is 7.89. The number of rotatable bonds is 5. The van der Waals surface area contributed by atoms with E-state index in [1.807, 2.05) is 60.7 Å². The number of carbonyl (C=O) groups excluding carboxylic acids is 1. The molecule has 3 aromatic carbocycles. The zero-order valence-electron chi connectivity index (χ0n) is 14.0. The third-order valence-electron chi connectivity index (χ3n) is 3.88. The van der Waals surface area contributed by atoms with E-state index in [4.69, 9.17) is 4.74 Å². The Morgan fingerprint density at radius 2 is 1.42 bits per heavy atom. The fraction of sp³-hybridized carbons (Fsp3) is 0.0500. The van der Waals surface area contributed by atoms with E-state index in [-0.39, 0.29) is 11.3 Å². The molecule has 0 spiro atoms. The van der Waals surface area contributed by atoms with Gasteiger partial charge in [0.2, 0.25) is 0 Å². The summed E-state index contributed by atoms with van der Waals surface area (Å²) in [5.41, 5.74) is 1.52. The van der Waals surface area contributed by atoms with Gasteiger partial charge in [0.15, 0.2) is 5.56 Å². The van der Waals surface area contributed by atoms with Crippen molar-refractivity contribution in [2.24, 2.45) is 0 Å². The normalized spacial score (nSPS) is 10.2. The van der Waals surface area contributed by atoms with Gasteiger partial charge < -0.3 is 9.64 Å². The van der Waals surface area contributed by atoms with E-state index < -0.39 is 10.9 Å². The maximum absolute atomic E-state index is 12.4. The predicted molar refractivity (Wildman–Crippen MR) is 99.1 cm³/mol. The second-order valence-electron chi connectivity index (χ2n) is 5.43. The molecule has 0 fully saturated rings. The third kappa shape index (κ3) is 3.25. The number of ether oxygens (including phenoxy) is 1. The summed E-state index contributed by atoms with van der Waals surface area (Å²) in [6, 6.07) is 23.2. The molecular formula is C20H16N2O4. The lowest BCUT2D eigenvalue weighted by molar-refractivity contribution is -0.385. The second kappa shape index (κ2) is 7.48. The lowest BCUT2D eigenvalue weighted by Crippen LogP contribution is -2.16. The van der Waals surface area contributed by atoms with Crippen LogP contribution in [0.15, 0.2) is 78.9 Å². The maximum atomic E-state index is 12.4. The van der Waals surface area contributed by atoms with Crippen molar-refractivity contribution in [2.45, 2.75) is 0 Å². The molecule has 0 N–H and O–H groups in total. The van der Waals surface area contributed by atoms with Gasteiger partial charge in [-0.2, -0.15) is 0 Å². The molecule has 0 aliphatic heterocycles. The number of hydrogen-bond acceptors (Lipinski definition) is 5. The van der Waals surface area contributed by atoms with Crippen LogP contribution in [0.5, 0.6) is 0 Å². The SMILES string of the molecule is COC(=O)c1c(N(c2ccccc2)c2ccccc2)cccc1[N+](=O)[O-]. The summed E-state index contributed by atoms with van der Waals surface area (Å²) in [6.07, 6.45) is 0. The van der Waals surface area contributed by atoms with Crippen LogP contribution in [0.25, 0.3) is 0 Å². The molecule has 0 aliphatic carbocycles. The fourth-order valence-electron chi connectivity index (χ4n) is 2.76. The number of nitrogens with zero attached hydrogens (tertiary/aromatic N) is 2. The van der Waals surface area contributed by atoms with E-state index in [9.17, 15) is 14.9 Å². The number of methoxy groups -OCH3 is 1. The van der Waals surface area contributed by atoms with Gasteiger partial charge in [-0.25, -0.2) is 4.79 Å². The highest BCUT2D eigenvalue weighted by Crippen LogP contribution is 2.39. The maximum Gasteiger partial charge on any atom is 0.347 e. The molecule has 3 rings (SSSR count). The average Bonchev–Trinajstić information content (AvgIpc) is 2.69. The van der Waals surface area contributed by atoms with E-state index in [2.05, 4.69) is 0 Å². The van der Waals surface area contributed by atoms with E-state index >= 15 is 0 Å². The largest absolute Gasteiger partial charge is 0.465 e. The van der Waals surface area contributed by atoms with Crippen LogP contribution in [0.4, 0.5) is 22.7 Å². The molecule has 0 bridgehead atoms. The molecule has 3 aromatic rings. The zero-order valence-corrected chi connectivity index (χ0v) is 14.0. The number of esters is 1. The predicted octanol–water partition coefficient (Wildman–Crippen LogP) is 4.85. The zero-order chi connectivity index (χ0) is 18.5. The summed E-state index contributed by atoms with van der Waals surface area (Å²) in [7, 11) is 1.21. The Kier molecular flexibility index (Phi) is 4.94. The van der Waals surface area contributed by atoms with Crippen molar-refractivity contribution >= 4 is 28.7 Å². The van der Waals surface area contributed by atoms with Crippen molar-refractivity contribution in [2.75, 3.05) is 12.0 Å². The van der Waals surface area contributed by atoms with Crippen molar-refractivity contribution in [3.8, 4) is 0 Å². The highest BCUT2D eigenvalue weighted by Gasteiger charge is 2.28. The van der Waals surface area contributed by atoms with Crippen LogP contribution < -0.4 is 4.90 Å². The first kappa shape index (κ1) is 17.2. The van der Waals surface area contributed by atoms with Gasteiger partial charge in [0.1, 0.15) is 0 Å². The van der Waals surface area contributed by atoms with Crippen LogP contribution in [0.2, 0.25) is 0 Å². The van der Waals surface area contributed by atoms with Crippen LogP contribution in [0.1, 0.15) is 10.4 Å². The van der Waals surface area contributed by atoms with Crippen molar-refractivity contribution in [1.29, 1.82) is 0 Å². The average molecular weight is 348 g/mol. The van der Waals surface area contributed by atoms with Gasteiger partial charge in [-0.15, -0.1) is 0 Å². The molecule has 0 saturated carbocycles. The molecular weight excluding hydrogens is 332 g/mol. The third-order valence-corrected chi connectivity index (χ3v) is 3.88. The Morgan fingerprint density at radius 1 is 0.885 bits per heavy atom. The molecule has 0 saturated heterocycles. The van der Waals surface area contributed by atoms with E-state index in [0.29, 0.717) is 5.69 Å². The number of nitro groups is 1. The molecule has 0 radical (unpaired) electrons. The van der Waals surface area contributed by atoms with Gasteiger partial charge in [-0.05, 0) is 30.3 Å². The Labute approximate surface area is 150 Å². The Bertz CT molecular complexity index is 888. The first-order valence-corrected chi connectivity index (χ1v) is 7.89. The molecule has 6 heteroatoms. The Morgan fingerprint density at radius 3 is 1.88 bits per heavy atom. The minimum atomic E-state index is -0.760. The Hall–Kier alpha value is -3.67. The molecule has 0 heterocycles. The smallest absolute Gasteiger partial charge is 0.347 e. The molecule has 0 aromatic heterocycles. The number of benzene rings is 3. The molecule has 0 aliphatic rings. The first-order chi connectivity index (χ1) is 12.6. The number of nitro benzene ring substituents is 1. The van der Waals surface area contributed by atoms with Gasteiger partial charge in [-0.1, -0.05) is 42.5 Å². The summed E-state index contributed by atoms with van der Waals surface area (Å²) in [5.74, 6) is -0.760. The molecule has 26 heavy (non-hydrogen) atoms. The van der Waals surface area contributed by atoms with Crippen LogP contribution in [-0.2, 0) is 4.74 Å². The molecule has 0 unspecified atom stereocenters. The second-order valence-corrected chi connectivity index (χ2v) is 5.43.